The van der Waals surface area contributed by atoms with E-state index in [0.717, 1.165) is 17.7 Å². The molecule has 0 radical (unpaired) electrons. The molecule has 0 bridgehead atoms. The summed E-state index contributed by atoms with van der Waals surface area (Å²) in [5, 5.41) is 11.6. The van der Waals surface area contributed by atoms with Gasteiger partial charge in [0.2, 0.25) is 0 Å². The summed E-state index contributed by atoms with van der Waals surface area (Å²) in [6.45, 7) is 2.09. The second-order valence-electron chi connectivity index (χ2n) is 2.65. The first kappa shape index (κ1) is 9.49. The van der Waals surface area contributed by atoms with Crippen molar-refractivity contribution in [3.63, 3.8) is 0 Å². The van der Waals surface area contributed by atoms with Gasteiger partial charge in [-0.1, -0.05) is 25.1 Å². The average Bonchev–Trinajstić information content (AvgIpc) is 2.56. The molecule has 0 aliphatic carbocycles. The van der Waals surface area contributed by atoms with Gasteiger partial charge in [-0.2, -0.15) is 0 Å². The number of hydrogen-bond donors (Lipinski definition) is 1. The third-order valence-corrected chi connectivity index (χ3v) is 2.61. The summed E-state index contributed by atoms with van der Waals surface area (Å²) >= 11 is 1.61. The van der Waals surface area contributed by atoms with Gasteiger partial charge < -0.3 is 5.11 Å². The Morgan fingerprint density at radius 3 is 3.00 bits per heavy atom. The minimum absolute atomic E-state index is 0.312. The van der Waals surface area contributed by atoms with Crippen molar-refractivity contribution in [2.24, 2.45) is 0 Å². The lowest BCUT2D eigenvalue weighted by Crippen LogP contribution is -1.90. The molecular formula is C10H14OS. The predicted molar refractivity (Wildman–Crippen MR) is 53.3 cm³/mol. The molecule has 1 atom stereocenters. The number of thiophene rings is 1. The Bertz CT molecular complexity index is 226. The smallest absolute Gasteiger partial charge is 0.0916 e. The van der Waals surface area contributed by atoms with E-state index in [4.69, 9.17) is 0 Å². The predicted octanol–water partition coefficient (Wildman–Crippen LogP) is 3.14. The molecule has 0 aliphatic rings. The van der Waals surface area contributed by atoms with Crippen LogP contribution in [0.1, 0.15) is 30.7 Å². The molecule has 1 heterocycles. The molecule has 0 saturated carbocycles. The fraction of sp³-hybridized carbons (Fsp3) is 0.400. The highest BCUT2D eigenvalue weighted by molar-refractivity contribution is 7.10. The standard InChI is InChI=1S/C10H14OS/c1-2-3-4-6-9(11)10-7-5-8-12-10/h3-5,7-9,11H,2,6H2,1H3/b4-3+/t9-/m1/s1. The van der Waals surface area contributed by atoms with Crippen LogP contribution in [0, 0.1) is 0 Å². The molecule has 0 saturated heterocycles. The van der Waals surface area contributed by atoms with E-state index in [1.807, 2.05) is 23.6 Å². The van der Waals surface area contributed by atoms with Crippen molar-refractivity contribution in [3.8, 4) is 0 Å². The van der Waals surface area contributed by atoms with Crippen molar-refractivity contribution in [3.05, 3.63) is 34.5 Å². The van der Waals surface area contributed by atoms with Crippen molar-refractivity contribution in [2.75, 3.05) is 0 Å². The molecule has 0 spiro atoms. The molecule has 1 nitrogen and oxygen atoms in total. The van der Waals surface area contributed by atoms with E-state index in [1.165, 1.54) is 0 Å². The number of allylic oxidation sites excluding steroid dienone is 1. The van der Waals surface area contributed by atoms with Gasteiger partial charge in [0, 0.05) is 4.88 Å². The Hall–Kier alpha value is -0.600. The average molecular weight is 182 g/mol. The molecule has 1 aromatic heterocycles. The quantitative estimate of drug-likeness (QED) is 0.709. The summed E-state index contributed by atoms with van der Waals surface area (Å²) in [4.78, 5) is 1.05. The third kappa shape index (κ3) is 2.80. The van der Waals surface area contributed by atoms with E-state index in [2.05, 4.69) is 13.0 Å². The van der Waals surface area contributed by atoms with E-state index in [1.54, 1.807) is 11.3 Å². The topological polar surface area (TPSA) is 20.2 Å². The highest BCUT2D eigenvalue weighted by atomic mass is 32.1. The Morgan fingerprint density at radius 1 is 1.58 bits per heavy atom. The minimum atomic E-state index is -0.312. The molecule has 2 heteroatoms. The first-order chi connectivity index (χ1) is 5.84. The number of aliphatic hydroxyl groups is 1. The van der Waals surface area contributed by atoms with E-state index < -0.39 is 0 Å². The zero-order valence-corrected chi connectivity index (χ0v) is 8.05. The van der Waals surface area contributed by atoms with Crippen molar-refractivity contribution in [1.29, 1.82) is 0 Å². The van der Waals surface area contributed by atoms with E-state index in [9.17, 15) is 5.11 Å². The highest BCUT2D eigenvalue weighted by Crippen LogP contribution is 2.21. The monoisotopic (exact) mass is 182 g/mol. The maximum absolute atomic E-state index is 9.60. The van der Waals surface area contributed by atoms with Crippen LogP contribution in [-0.2, 0) is 0 Å². The SMILES string of the molecule is CC/C=C/C[C@@H](O)c1cccs1. The highest BCUT2D eigenvalue weighted by Gasteiger charge is 2.04. The largest absolute Gasteiger partial charge is 0.387 e. The third-order valence-electron chi connectivity index (χ3n) is 1.63. The van der Waals surface area contributed by atoms with Crippen LogP contribution in [0.15, 0.2) is 29.7 Å². The van der Waals surface area contributed by atoms with Crippen LogP contribution < -0.4 is 0 Å². The van der Waals surface area contributed by atoms with Crippen molar-refractivity contribution >= 4 is 11.3 Å². The molecule has 0 unspecified atom stereocenters. The van der Waals surface area contributed by atoms with Gasteiger partial charge in [-0.3, -0.25) is 0 Å². The van der Waals surface area contributed by atoms with Gasteiger partial charge in [-0.15, -0.1) is 11.3 Å². The number of aliphatic hydroxyl groups excluding tert-OH is 1. The van der Waals surface area contributed by atoms with Gasteiger partial charge in [0.15, 0.2) is 0 Å². The van der Waals surface area contributed by atoms with E-state index in [-0.39, 0.29) is 6.10 Å². The fourth-order valence-electron chi connectivity index (χ4n) is 0.989. The van der Waals surface area contributed by atoms with Crippen molar-refractivity contribution < 1.29 is 5.11 Å². The van der Waals surface area contributed by atoms with Gasteiger partial charge in [-0.25, -0.2) is 0 Å². The molecule has 0 fully saturated rings. The van der Waals surface area contributed by atoms with E-state index in [0.29, 0.717) is 0 Å². The molecular weight excluding hydrogens is 168 g/mol. The molecule has 66 valence electrons. The molecule has 0 amide bonds. The summed E-state index contributed by atoms with van der Waals surface area (Å²) in [6, 6.07) is 3.93. The molecule has 12 heavy (non-hydrogen) atoms. The summed E-state index contributed by atoms with van der Waals surface area (Å²) in [5.41, 5.74) is 0. The summed E-state index contributed by atoms with van der Waals surface area (Å²) < 4.78 is 0. The number of rotatable bonds is 4. The maximum Gasteiger partial charge on any atom is 0.0916 e. The Balaban J connectivity index is 2.39. The van der Waals surface area contributed by atoms with Crippen LogP contribution in [-0.4, -0.2) is 5.11 Å². The minimum Gasteiger partial charge on any atom is -0.387 e. The molecule has 1 aromatic rings. The van der Waals surface area contributed by atoms with Gasteiger partial charge in [0.25, 0.3) is 0 Å². The Labute approximate surface area is 77.4 Å². The second-order valence-corrected chi connectivity index (χ2v) is 3.63. The Morgan fingerprint density at radius 2 is 2.42 bits per heavy atom. The molecule has 0 aromatic carbocycles. The van der Waals surface area contributed by atoms with Gasteiger partial charge in [0.05, 0.1) is 6.10 Å². The lowest BCUT2D eigenvalue weighted by Gasteiger charge is -2.03. The maximum atomic E-state index is 9.60. The summed E-state index contributed by atoms with van der Waals surface area (Å²) in [5.74, 6) is 0. The van der Waals surface area contributed by atoms with Crippen molar-refractivity contribution in [2.45, 2.75) is 25.9 Å². The van der Waals surface area contributed by atoms with Crippen LogP contribution >= 0.6 is 11.3 Å². The van der Waals surface area contributed by atoms with Crippen LogP contribution in [0.25, 0.3) is 0 Å². The van der Waals surface area contributed by atoms with E-state index >= 15 is 0 Å². The zero-order valence-electron chi connectivity index (χ0n) is 7.23. The number of hydrogen-bond acceptors (Lipinski definition) is 2. The molecule has 1 rings (SSSR count). The van der Waals surface area contributed by atoms with Gasteiger partial charge >= 0.3 is 0 Å². The zero-order chi connectivity index (χ0) is 8.81. The van der Waals surface area contributed by atoms with Crippen LogP contribution in [0.3, 0.4) is 0 Å². The molecule has 0 aliphatic heterocycles. The van der Waals surface area contributed by atoms with Crippen molar-refractivity contribution in [1.82, 2.24) is 0 Å². The normalized spacial score (nSPS) is 13.8. The molecule has 1 N–H and O–H groups in total. The Kier molecular flexibility index (Phi) is 4.05. The first-order valence-electron chi connectivity index (χ1n) is 4.21. The lowest BCUT2D eigenvalue weighted by molar-refractivity contribution is 0.185. The van der Waals surface area contributed by atoms with Crippen LogP contribution in [0.4, 0.5) is 0 Å². The summed E-state index contributed by atoms with van der Waals surface area (Å²) in [6.07, 6.45) is 5.57. The lowest BCUT2D eigenvalue weighted by atomic mass is 10.2. The fourth-order valence-corrected chi connectivity index (χ4v) is 1.71. The van der Waals surface area contributed by atoms with Gasteiger partial charge in [-0.05, 0) is 24.3 Å². The van der Waals surface area contributed by atoms with Crippen LogP contribution in [0.2, 0.25) is 0 Å². The van der Waals surface area contributed by atoms with Crippen LogP contribution in [0.5, 0.6) is 0 Å². The van der Waals surface area contributed by atoms with Gasteiger partial charge in [0.1, 0.15) is 0 Å². The summed E-state index contributed by atoms with van der Waals surface area (Å²) in [7, 11) is 0. The second kappa shape index (κ2) is 5.12. The first-order valence-corrected chi connectivity index (χ1v) is 5.09.